The van der Waals surface area contributed by atoms with Crippen LogP contribution in [0.2, 0.25) is 5.02 Å². The quantitative estimate of drug-likeness (QED) is 0.682. The Kier molecular flexibility index (Phi) is 4.80. The molecule has 1 aliphatic heterocycles. The van der Waals surface area contributed by atoms with Crippen LogP contribution in [0.3, 0.4) is 0 Å². The van der Waals surface area contributed by atoms with Crippen LogP contribution in [-0.2, 0) is 11.3 Å². The van der Waals surface area contributed by atoms with Crippen LogP contribution in [0, 0.1) is 16.0 Å². The maximum absolute atomic E-state index is 11.4. The molecule has 6 nitrogen and oxygen atoms in total. The van der Waals surface area contributed by atoms with Gasteiger partial charge in [-0.25, -0.2) is 0 Å². The average Bonchev–Trinajstić information content (AvgIpc) is 2.42. The maximum Gasteiger partial charge on any atom is 0.320 e. The lowest BCUT2D eigenvalue weighted by Gasteiger charge is -2.35. The summed E-state index contributed by atoms with van der Waals surface area (Å²) in [6, 6.07) is 3.90. The fourth-order valence-corrected chi connectivity index (χ4v) is 2.86. The van der Waals surface area contributed by atoms with Crippen molar-refractivity contribution in [3.05, 3.63) is 38.9 Å². The Morgan fingerprint density at radius 1 is 1.57 bits per heavy atom. The smallest absolute Gasteiger partial charge is 0.320 e. The molecule has 0 radical (unpaired) electrons. The molecule has 0 aromatic heterocycles. The number of likely N-dealkylation sites (tertiary alicyclic amines) is 1. The second-order valence-corrected chi connectivity index (χ2v) is 5.92. The van der Waals surface area contributed by atoms with Crippen LogP contribution in [-0.4, -0.2) is 33.5 Å². The largest absolute Gasteiger partial charge is 0.480 e. The van der Waals surface area contributed by atoms with Crippen LogP contribution in [0.15, 0.2) is 18.2 Å². The Morgan fingerprint density at radius 2 is 2.29 bits per heavy atom. The van der Waals surface area contributed by atoms with Crippen molar-refractivity contribution in [1.29, 1.82) is 0 Å². The summed E-state index contributed by atoms with van der Waals surface area (Å²) in [5.41, 5.74) is 0.426. The predicted molar refractivity (Wildman–Crippen MR) is 78.3 cm³/mol. The van der Waals surface area contributed by atoms with Gasteiger partial charge in [-0.15, -0.1) is 0 Å². The summed E-state index contributed by atoms with van der Waals surface area (Å²) in [5.74, 6) is -0.527. The minimum atomic E-state index is -0.877. The maximum atomic E-state index is 11.4. The lowest BCUT2D eigenvalue weighted by molar-refractivity contribution is -0.385. The van der Waals surface area contributed by atoms with Crippen molar-refractivity contribution >= 4 is 23.3 Å². The zero-order valence-electron chi connectivity index (χ0n) is 11.7. The number of nitrogens with zero attached hydrogens (tertiary/aromatic N) is 2. The van der Waals surface area contributed by atoms with Gasteiger partial charge in [0.2, 0.25) is 0 Å². The van der Waals surface area contributed by atoms with Gasteiger partial charge < -0.3 is 5.11 Å². The standard InChI is InChI=1S/C14H17ClN2O4/c1-9-4-5-16(13(6-9)14(18)19)8-10-2-3-11(15)7-12(10)17(20)21/h2-3,7,9,13H,4-6,8H2,1H3,(H,18,19). The van der Waals surface area contributed by atoms with Gasteiger partial charge in [0.05, 0.1) is 4.92 Å². The number of carboxylic acids is 1. The molecule has 1 heterocycles. The zero-order chi connectivity index (χ0) is 15.6. The van der Waals surface area contributed by atoms with E-state index < -0.39 is 16.9 Å². The first-order valence-electron chi connectivity index (χ1n) is 6.78. The van der Waals surface area contributed by atoms with Crippen LogP contribution in [0.4, 0.5) is 5.69 Å². The topological polar surface area (TPSA) is 83.7 Å². The number of nitro groups is 1. The highest BCUT2D eigenvalue weighted by atomic mass is 35.5. The van der Waals surface area contributed by atoms with Crippen molar-refractivity contribution in [2.24, 2.45) is 5.92 Å². The van der Waals surface area contributed by atoms with Crippen LogP contribution in [0.5, 0.6) is 0 Å². The molecule has 1 saturated heterocycles. The van der Waals surface area contributed by atoms with Crippen LogP contribution < -0.4 is 0 Å². The molecule has 1 aromatic carbocycles. The van der Waals surface area contributed by atoms with Gasteiger partial charge in [0.15, 0.2) is 0 Å². The minimum Gasteiger partial charge on any atom is -0.480 e. The van der Waals surface area contributed by atoms with Gasteiger partial charge in [0.1, 0.15) is 6.04 Å². The van der Waals surface area contributed by atoms with E-state index in [-0.39, 0.29) is 12.2 Å². The van der Waals surface area contributed by atoms with Crippen LogP contribution in [0.1, 0.15) is 25.3 Å². The van der Waals surface area contributed by atoms with Gasteiger partial charge in [-0.05, 0) is 37.4 Å². The highest BCUT2D eigenvalue weighted by Gasteiger charge is 2.32. The molecule has 2 unspecified atom stereocenters. The molecule has 0 aliphatic carbocycles. The molecule has 0 amide bonds. The van der Waals surface area contributed by atoms with Gasteiger partial charge in [0.25, 0.3) is 5.69 Å². The lowest BCUT2D eigenvalue weighted by Crippen LogP contribution is -2.46. The van der Waals surface area contributed by atoms with E-state index in [1.807, 2.05) is 6.92 Å². The van der Waals surface area contributed by atoms with E-state index >= 15 is 0 Å². The van der Waals surface area contributed by atoms with Gasteiger partial charge in [0, 0.05) is 23.2 Å². The number of hydrogen-bond donors (Lipinski definition) is 1. The summed E-state index contributed by atoms with van der Waals surface area (Å²) >= 11 is 5.79. The summed E-state index contributed by atoms with van der Waals surface area (Å²) in [6.45, 7) is 2.90. The Labute approximate surface area is 127 Å². The number of aliphatic carboxylic acids is 1. The number of carbonyl (C=O) groups is 1. The third-order valence-electron chi connectivity index (χ3n) is 3.88. The Morgan fingerprint density at radius 3 is 2.90 bits per heavy atom. The fraction of sp³-hybridized carbons (Fsp3) is 0.500. The number of carboxylic acid groups (broad SMARTS) is 1. The number of hydrogen-bond acceptors (Lipinski definition) is 4. The van der Waals surface area contributed by atoms with Gasteiger partial charge in [-0.2, -0.15) is 0 Å². The van der Waals surface area contributed by atoms with E-state index in [1.54, 1.807) is 17.0 Å². The summed E-state index contributed by atoms with van der Waals surface area (Å²) in [5, 5.41) is 20.7. The Balaban J connectivity index is 2.24. The second kappa shape index (κ2) is 6.41. The zero-order valence-corrected chi connectivity index (χ0v) is 12.4. The fourth-order valence-electron chi connectivity index (χ4n) is 2.70. The summed E-state index contributed by atoms with van der Waals surface area (Å²) in [4.78, 5) is 23.8. The molecule has 114 valence electrons. The first kappa shape index (κ1) is 15.7. The number of halogens is 1. The molecule has 2 rings (SSSR count). The highest BCUT2D eigenvalue weighted by Crippen LogP contribution is 2.29. The number of rotatable bonds is 4. The molecular formula is C14H17ClN2O4. The first-order valence-corrected chi connectivity index (χ1v) is 7.16. The Hall–Kier alpha value is -1.66. The summed E-state index contributed by atoms with van der Waals surface area (Å²) < 4.78 is 0. The van der Waals surface area contributed by atoms with Gasteiger partial charge in [-0.3, -0.25) is 19.8 Å². The summed E-state index contributed by atoms with van der Waals surface area (Å²) in [6.07, 6.45) is 1.46. The number of benzene rings is 1. The van der Waals surface area contributed by atoms with E-state index in [9.17, 15) is 20.0 Å². The lowest BCUT2D eigenvalue weighted by atomic mass is 9.92. The molecule has 0 bridgehead atoms. The normalized spacial score (nSPS) is 23.0. The van der Waals surface area contributed by atoms with Crippen molar-refractivity contribution < 1.29 is 14.8 Å². The molecule has 1 fully saturated rings. The van der Waals surface area contributed by atoms with Crippen molar-refractivity contribution in [2.75, 3.05) is 6.54 Å². The van der Waals surface area contributed by atoms with E-state index in [2.05, 4.69) is 0 Å². The van der Waals surface area contributed by atoms with Crippen molar-refractivity contribution in [2.45, 2.75) is 32.4 Å². The van der Waals surface area contributed by atoms with E-state index in [1.165, 1.54) is 6.07 Å². The molecule has 0 saturated carbocycles. The number of nitro benzene ring substituents is 1. The molecule has 1 N–H and O–H groups in total. The minimum absolute atomic E-state index is 0.0646. The van der Waals surface area contributed by atoms with Crippen molar-refractivity contribution in [1.82, 2.24) is 4.90 Å². The van der Waals surface area contributed by atoms with Crippen LogP contribution in [0.25, 0.3) is 0 Å². The molecule has 21 heavy (non-hydrogen) atoms. The summed E-state index contributed by atoms with van der Waals surface area (Å²) in [7, 11) is 0. The van der Waals surface area contributed by atoms with E-state index in [4.69, 9.17) is 11.6 Å². The van der Waals surface area contributed by atoms with Crippen LogP contribution >= 0.6 is 11.6 Å². The number of piperidine rings is 1. The molecule has 7 heteroatoms. The molecule has 1 aliphatic rings. The van der Waals surface area contributed by atoms with E-state index in [0.29, 0.717) is 29.5 Å². The van der Waals surface area contributed by atoms with Gasteiger partial charge in [-0.1, -0.05) is 18.5 Å². The predicted octanol–water partition coefficient (Wildman–Crippen LogP) is 2.93. The SMILES string of the molecule is CC1CCN(Cc2ccc(Cl)cc2[N+](=O)[O-])C(C(=O)O)C1. The third kappa shape index (κ3) is 3.71. The highest BCUT2D eigenvalue weighted by molar-refractivity contribution is 6.30. The average molecular weight is 313 g/mol. The third-order valence-corrected chi connectivity index (χ3v) is 4.11. The van der Waals surface area contributed by atoms with E-state index in [0.717, 1.165) is 6.42 Å². The van der Waals surface area contributed by atoms with Gasteiger partial charge >= 0.3 is 5.97 Å². The monoisotopic (exact) mass is 312 g/mol. The molecule has 1 aromatic rings. The van der Waals surface area contributed by atoms with Crippen molar-refractivity contribution in [3.63, 3.8) is 0 Å². The molecular weight excluding hydrogens is 296 g/mol. The molecule has 2 atom stereocenters. The first-order chi connectivity index (χ1) is 9.88. The molecule has 0 spiro atoms. The Bertz CT molecular complexity index is 564. The second-order valence-electron chi connectivity index (χ2n) is 5.48. The van der Waals surface area contributed by atoms with Crippen molar-refractivity contribution in [3.8, 4) is 0 Å².